The molecule has 2 aliphatic heterocycles. The van der Waals surface area contributed by atoms with Crippen molar-refractivity contribution in [1.82, 2.24) is 10.2 Å². The molecule has 4 rings (SSSR count). The van der Waals surface area contributed by atoms with Crippen LogP contribution < -0.4 is 14.9 Å². The third-order valence-corrected chi connectivity index (χ3v) is 7.09. The zero-order valence-electron chi connectivity index (χ0n) is 16.7. The lowest BCUT2D eigenvalue weighted by Crippen LogP contribution is -2.34. The van der Waals surface area contributed by atoms with Crippen LogP contribution in [0.3, 0.4) is 0 Å². The highest BCUT2D eigenvalue weighted by Crippen LogP contribution is 2.25. The Labute approximate surface area is 180 Å². The third-order valence-electron chi connectivity index (χ3n) is 5.22. The molecule has 2 heterocycles. The van der Waals surface area contributed by atoms with Crippen LogP contribution in [0.15, 0.2) is 54.6 Å². The first-order valence-electron chi connectivity index (χ1n) is 9.89. The van der Waals surface area contributed by atoms with Crippen molar-refractivity contribution < 1.29 is 22.8 Å². The van der Waals surface area contributed by atoms with Crippen molar-refractivity contribution in [1.29, 1.82) is 0 Å². The Bertz CT molecular complexity index is 1100. The maximum atomic E-state index is 12.6. The Morgan fingerprint density at radius 3 is 2.42 bits per heavy atom. The van der Waals surface area contributed by atoms with Crippen LogP contribution in [-0.2, 0) is 26.2 Å². The summed E-state index contributed by atoms with van der Waals surface area (Å²) in [5.41, 5.74) is 1.84. The number of rotatable bonds is 6. The maximum absolute atomic E-state index is 12.6. The lowest BCUT2D eigenvalue weighted by Gasteiger charge is -2.17. The van der Waals surface area contributed by atoms with Crippen LogP contribution in [0.1, 0.15) is 18.4 Å². The first-order chi connectivity index (χ1) is 14.8. The summed E-state index contributed by atoms with van der Waals surface area (Å²) in [5.74, 6) is -0.742. The predicted molar refractivity (Wildman–Crippen MR) is 115 cm³/mol. The predicted octanol–water partition coefficient (Wildman–Crippen LogP) is 1.68. The molecule has 0 aliphatic carbocycles. The molecule has 2 aliphatic rings. The number of nitrogens with one attached hydrogen (secondary N) is 2. The molecule has 0 radical (unpaired) electrons. The minimum Gasteiger partial charge on any atom is -0.326 e. The van der Waals surface area contributed by atoms with Crippen LogP contribution in [0.4, 0.5) is 16.2 Å². The Kier molecular flexibility index (Phi) is 5.64. The Morgan fingerprint density at radius 1 is 1.06 bits per heavy atom. The molecule has 2 fully saturated rings. The van der Waals surface area contributed by atoms with Crippen molar-refractivity contribution in [3.8, 4) is 0 Å². The Hall–Kier alpha value is -3.40. The second-order valence-electron chi connectivity index (χ2n) is 7.45. The van der Waals surface area contributed by atoms with E-state index in [0.717, 1.165) is 10.5 Å². The molecule has 4 amide bonds. The van der Waals surface area contributed by atoms with Crippen molar-refractivity contribution in [3.63, 3.8) is 0 Å². The van der Waals surface area contributed by atoms with Gasteiger partial charge in [-0.15, -0.1) is 0 Å². The molecule has 10 heteroatoms. The second-order valence-corrected chi connectivity index (χ2v) is 9.47. The van der Waals surface area contributed by atoms with Crippen LogP contribution in [0.2, 0.25) is 0 Å². The smallest absolute Gasteiger partial charge is 0.325 e. The summed E-state index contributed by atoms with van der Waals surface area (Å²) in [4.78, 5) is 38.2. The van der Waals surface area contributed by atoms with E-state index in [-0.39, 0.29) is 18.7 Å². The molecule has 1 atom stereocenters. The molecular formula is C21H22N4O5S. The summed E-state index contributed by atoms with van der Waals surface area (Å²) in [6.45, 7) is 0.585. The van der Waals surface area contributed by atoms with E-state index >= 15 is 0 Å². The van der Waals surface area contributed by atoms with Gasteiger partial charge >= 0.3 is 6.03 Å². The number of hydrogen-bond acceptors (Lipinski definition) is 5. The van der Waals surface area contributed by atoms with E-state index in [0.29, 0.717) is 24.3 Å². The van der Waals surface area contributed by atoms with E-state index in [1.54, 1.807) is 24.3 Å². The number of sulfonamides is 1. The molecule has 2 saturated heterocycles. The van der Waals surface area contributed by atoms with E-state index < -0.39 is 33.9 Å². The average molecular weight is 442 g/mol. The normalized spacial score (nSPS) is 20.1. The molecular weight excluding hydrogens is 420 g/mol. The highest BCUT2D eigenvalue weighted by atomic mass is 32.2. The van der Waals surface area contributed by atoms with Gasteiger partial charge in [-0.25, -0.2) is 13.2 Å². The second kappa shape index (κ2) is 8.38. The summed E-state index contributed by atoms with van der Waals surface area (Å²) in [6, 6.07) is 14.1. The quantitative estimate of drug-likeness (QED) is 0.661. The van der Waals surface area contributed by atoms with Crippen molar-refractivity contribution in [3.05, 3.63) is 60.2 Å². The number of nitrogens with zero attached hydrogens (tertiary/aromatic N) is 2. The number of carbonyl (C=O) groups is 3. The van der Waals surface area contributed by atoms with Gasteiger partial charge in [-0.05, 0) is 36.2 Å². The molecule has 2 aromatic rings. The molecule has 0 bridgehead atoms. The monoisotopic (exact) mass is 442 g/mol. The number of amides is 4. The SMILES string of the molecule is O=C(C[C@H]1NC(=O)N(Cc2ccccc2)C1=O)Nc1ccc(N2CCCS2(=O)=O)cc1. The van der Waals surface area contributed by atoms with Gasteiger partial charge in [0, 0.05) is 12.2 Å². The van der Waals surface area contributed by atoms with Gasteiger partial charge in [0.2, 0.25) is 15.9 Å². The molecule has 0 unspecified atom stereocenters. The molecule has 31 heavy (non-hydrogen) atoms. The fourth-order valence-corrected chi connectivity index (χ4v) is 5.23. The first-order valence-corrected chi connectivity index (χ1v) is 11.5. The number of benzene rings is 2. The van der Waals surface area contributed by atoms with E-state index in [4.69, 9.17) is 0 Å². The molecule has 2 aromatic carbocycles. The average Bonchev–Trinajstić information content (AvgIpc) is 3.22. The summed E-state index contributed by atoms with van der Waals surface area (Å²) in [5, 5.41) is 5.23. The van der Waals surface area contributed by atoms with Crippen LogP contribution in [0, 0.1) is 0 Å². The van der Waals surface area contributed by atoms with Crippen molar-refractivity contribution >= 4 is 39.2 Å². The number of hydrogen-bond donors (Lipinski definition) is 2. The van der Waals surface area contributed by atoms with Gasteiger partial charge in [-0.1, -0.05) is 30.3 Å². The first kappa shape index (κ1) is 20.9. The van der Waals surface area contributed by atoms with E-state index in [2.05, 4.69) is 10.6 Å². The Morgan fingerprint density at radius 2 is 1.77 bits per heavy atom. The molecule has 162 valence electrons. The van der Waals surface area contributed by atoms with E-state index in [1.807, 2.05) is 30.3 Å². The number of urea groups is 1. The van der Waals surface area contributed by atoms with Gasteiger partial charge in [0.05, 0.1) is 24.4 Å². The maximum Gasteiger partial charge on any atom is 0.325 e. The van der Waals surface area contributed by atoms with Crippen molar-refractivity contribution in [2.45, 2.75) is 25.4 Å². The molecule has 0 spiro atoms. The van der Waals surface area contributed by atoms with Crippen molar-refractivity contribution in [2.75, 3.05) is 21.9 Å². The van der Waals surface area contributed by atoms with Gasteiger partial charge in [0.25, 0.3) is 5.91 Å². The van der Waals surface area contributed by atoms with Crippen LogP contribution >= 0.6 is 0 Å². The minimum atomic E-state index is -3.27. The van der Waals surface area contributed by atoms with Crippen LogP contribution in [0.25, 0.3) is 0 Å². The van der Waals surface area contributed by atoms with E-state index in [1.165, 1.54) is 4.31 Å². The largest absolute Gasteiger partial charge is 0.326 e. The van der Waals surface area contributed by atoms with Crippen LogP contribution in [-0.4, -0.2) is 49.5 Å². The van der Waals surface area contributed by atoms with Crippen LogP contribution in [0.5, 0.6) is 0 Å². The lowest BCUT2D eigenvalue weighted by molar-refractivity contribution is -0.130. The lowest BCUT2D eigenvalue weighted by atomic mass is 10.1. The zero-order chi connectivity index (χ0) is 22.0. The summed E-state index contributed by atoms with van der Waals surface area (Å²) in [6.07, 6.45) is 0.390. The topological polar surface area (TPSA) is 116 Å². The fraction of sp³-hybridized carbons (Fsp3) is 0.286. The van der Waals surface area contributed by atoms with Gasteiger partial charge in [-0.2, -0.15) is 0 Å². The summed E-state index contributed by atoms with van der Waals surface area (Å²) >= 11 is 0. The summed E-state index contributed by atoms with van der Waals surface area (Å²) in [7, 11) is -3.27. The number of imide groups is 1. The minimum absolute atomic E-state index is 0.133. The molecule has 2 N–H and O–H groups in total. The molecule has 9 nitrogen and oxygen atoms in total. The highest BCUT2D eigenvalue weighted by Gasteiger charge is 2.39. The highest BCUT2D eigenvalue weighted by molar-refractivity contribution is 7.93. The molecule has 0 aromatic heterocycles. The standard InChI is InChI=1S/C21H22N4O5S/c26-19(22-16-7-9-17(10-8-16)25-11-4-12-31(25,29)30)13-18-20(27)24(21(28)23-18)14-15-5-2-1-3-6-15/h1-3,5-10,18H,4,11-14H2,(H,22,26)(H,23,28)/t18-/m1/s1. The fourth-order valence-electron chi connectivity index (χ4n) is 3.67. The van der Waals surface area contributed by atoms with Gasteiger partial charge in [0.1, 0.15) is 6.04 Å². The zero-order valence-corrected chi connectivity index (χ0v) is 17.5. The summed E-state index contributed by atoms with van der Waals surface area (Å²) < 4.78 is 25.4. The van der Waals surface area contributed by atoms with Gasteiger partial charge in [0.15, 0.2) is 0 Å². The number of carbonyl (C=O) groups excluding carboxylic acids is 3. The molecule has 0 saturated carbocycles. The van der Waals surface area contributed by atoms with E-state index in [9.17, 15) is 22.8 Å². The Balaban J connectivity index is 1.34. The van der Waals surface area contributed by atoms with Gasteiger partial charge < -0.3 is 10.6 Å². The van der Waals surface area contributed by atoms with Crippen molar-refractivity contribution in [2.24, 2.45) is 0 Å². The number of anilines is 2. The third kappa shape index (κ3) is 4.53. The van der Waals surface area contributed by atoms with Gasteiger partial charge in [-0.3, -0.25) is 18.8 Å².